The zero-order valence-electron chi connectivity index (χ0n) is 10.8. The number of thioether (sulfide) groups is 1. The van der Waals surface area contributed by atoms with Crippen molar-refractivity contribution >= 4 is 50.5 Å². The van der Waals surface area contributed by atoms with Crippen LogP contribution < -0.4 is 5.32 Å². The van der Waals surface area contributed by atoms with Crippen molar-refractivity contribution in [2.45, 2.75) is 0 Å². The monoisotopic (exact) mass is 359 g/mol. The summed E-state index contributed by atoms with van der Waals surface area (Å²) in [5.41, 5.74) is 1.76. The normalized spacial score (nSPS) is 18.2. The molecule has 1 aromatic heterocycles. The van der Waals surface area contributed by atoms with Gasteiger partial charge in [-0.3, -0.25) is 9.78 Å². The van der Waals surface area contributed by atoms with E-state index in [1.54, 1.807) is 12.4 Å². The average Bonchev–Trinajstić information content (AvgIpc) is 2.80. The molecule has 1 N–H and O–H groups in total. The summed E-state index contributed by atoms with van der Waals surface area (Å²) < 4.78 is 0.945. The predicted molar refractivity (Wildman–Crippen MR) is 89.6 cm³/mol. The summed E-state index contributed by atoms with van der Waals surface area (Å²) in [6.07, 6.45) is 5.35. The minimum Gasteiger partial charge on any atom is -0.300 e. The van der Waals surface area contributed by atoms with Gasteiger partial charge in [0.1, 0.15) is 5.84 Å². The molecule has 4 nitrogen and oxygen atoms in total. The Morgan fingerprint density at radius 3 is 2.81 bits per heavy atom. The van der Waals surface area contributed by atoms with Crippen molar-refractivity contribution < 1.29 is 4.79 Å². The van der Waals surface area contributed by atoms with E-state index in [1.165, 1.54) is 0 Å². The Labute approximate surface area is 134 Å². The molecule has 0 unspecified atom stereocenters. The Hall–Kier alpha value is -1.92. The number of hydrogen-bond acceptors (Lipinski definition) is 4. The first-order chi connectivity index (χ1) is 10.2. The lowest BCUT2D eigenvalue weighted by Crippen LogP contribution is -2.18. The molecule has 2 aromatic rings. The minimum atomic E-state index is -0.121. The smallest absolute Gasteiger partial charge is 0.289 e. The molecule has 1 saturated heterocycles. The van der Waals surface area contributed by atoms with E-state index in [-0.39, 0.29) is 5.24 Å². The van der Waals surface area contributed by atoms with Crippen molar-refractivity contribution in [3.05, 3.63) is 63.7 Å². The number of pyridine rings is 1. The molecule has 104 valence electrons. The van der Waals surface area contributed by atoms with Gasteiger partial charge < -0.3 is 5.32 Å². The fourth-order valence-electron chi connectivity index (χ4n) is 1.80. The Morgan fingerprint density at radius 1 is 1.24 bits per heavy atom. The van der Waals surface area contributed by atoms with Crippen molar-refractivity contribution in [3.63, 3.8) is 0 Å². The van der Waals surface area contributed by atoms with Crippen molar-refractivity contribution in [1.82, 2.24) is 10.3 Å². The van der Waals surface area contributed by atoms with Gasteiger partial charge in [0.15, 0.2) is 0 Å². The third kappa shape index (κ3) is 3.59. The molecule has 2 heterocycles. The number of rotatable bonds is 2. The number of nitrogens with one attached hydrogen (secondary N) is 1. The number of halogens is 1. The summed E-state index contributed by atoms with van der Waals surface area (Å²) in [5.74, 6) is 0.569. The molecule has 0 saturated carbocycles. The first-order valence-corrected chi connectivity index (χ1v) is 7.77. The van der Waals surface area contributed by atoms with Crippen LogP contribution in [0.4, 0.5) is 10.5 Å². The van der Waals surface area contributed by atoms with Crippen LogP contribution in [-0.2, 0) is 0 Å². The second-order valence-electron chi connectivity index (χ2n) is 4.24. The fourth-order valence-corrected chi connectivity index (χ4v) is 2.92. The third-order valence-electron chi connectivity index (χ3n) is 2.71. The summed E-state index contributed by atoms with van der Waals surface area (Å²) in [7, 11) is 0. The lowest BCUT2D eigenvalue weighted by atomic mass is 10.2. The molecule has 6 heteroatoms. The van der Waals surface area contributed by atoms with Crippen LogP contribution in [0.1, 0.15) is 5.56 Å². The predicted octanol–water partition coefficient (Wildman–Crippen LogP) is 4.37. The summed E-state index contributed by atoms with van der Waals surface area (Å²) >= 11 is 4.55. The Balaban J connectivity index is 1.96. The SMILES string of the molecule is O=C1NC(=Nc2cccc(Br)c2)C(=Cc2ccncc2)S1. The third-order valence-corrected chi connectivity index (χ3v) is 4.02. The largest absolute Gasteiger partial charge is 0.300 e. The van der Waals surface area contributed by atoms with Crippen LogP contribution in [0.25, 0.3) is 6.08 Å². The molecule has 3 rings (SSSR count). The van der Waals surface area contributed by atoms with Crippen LogP contribution in [0.5, 0.6) is 0 Å². The van der Waals surface area contributed by atoms with Crippen LogP contribution >= 0.6 is 27.7 Å². The van der Waals surface area contributed by atoms with Crippen LogP contribution in [0, 0.1) is 0 Å². The number of amidine groups is 1. The van der Waals surface area contributed by atoms with Gasteiger partial charge in [0.2, 0.25) is 0 Å². The van der Waals surface area contributed by atoms with E-state index in [2.05, 4.69) is 31.2 Å². The number of hydrogen-bond donors (Lipinski definition) is 1. The lowest BCUT2D eigenvalue weighted by Gasteiger charge is -2.00. The number of carbonyl (C=O) groups excluding carboxylic acids is 1. The van der Waals surface area contributed by atoms with E-state index in [1.807, 2.05) is 42.5 Å². The molecule has 1 fully saturated rings. The molecule has 1 aliphatic rings. The van der Waals surface area contributed by atoms with Gasteiger partial charge in [-0.15, -0.1) is 0 Å². The van der Waals surface area contributed by atoms with Gasteiger partial charge in [0.05, 0.1) is 10.6 Å². The topological polar surface area (TPSA) is 54.4 Å². The molecule has 0 aliphatic carbocycles. The van der Waals surface area contributed by atoms with Gasteiger partial charge in [-0.25, -0.2) is 4.99 Å². The summed E-state index contributed by atoms with van der Waals surface area (Å²) in [4.78, 5) is 20.9. The van der Waals surface area contributed by atoms with E-state index < -0.39 is 0 Å². The standard InChI is InChI=1S/C15H10BrN3OS/c16-11-2-1-3-12(9-11)18-14-13(21-15(20)19-14)8-10-4-6-17-7-5-10/h1-9H,(H,18,19,20). The number of aliphatic imine (C=N–C) groups is 1. The summed E-state index contributed by atoms with van der Waals surface area (Å²) in [6, 6.07) is 11.4. The minimum absolute atomic E-state index is 0.121. The molecule has 1 aliphatic heterocycles. The molecule has 21 heavy (non-hydrogen) atoms. The van der Waals surface area contributed by atoms with E-state index in [0.29, 0.717) is 5.84 Å². The Morgan fingerprint density at radius 2 is 2.05 bits per heavy atom. The molecule has 0 bridgehead atoms. The van der Waals surface area contributed by atoms with Crippen molar-refractivity contribution in [2.24, 2.45) is 4.99 Å². The van der Waals surface area contributed by atoms with E-state index in [4.69, 9.17) is 0 Å². The number of benzene rings is 1. The summed E-state index contributed by atoms with van der Waals surface area (Å²) in [6.45, 7) is 0. The number of carbonyl (C=O) groups is 1. The molecule has 0 radical (unpaired) electrons. The first kappa shape index (κ1) is 14.0. The summed E-state index contributed by atoms with van der Waals surface area (Å²) in [5, 5.41) is 2.65. The van der Waals surface area contributed by atoms with E-state index >= 15 is 0 Å². The first-order valence-electron chi connectivity index (χ1n) is 6.16. The van der Waals surface area contributed by atoms with Crippen molar-refractivity contribution in [1.29, 1.82) is 0 Å². The van der Waals surface area contributed by atoms with Crippen molar-refractivity contribution in [2.75, 3.05) is 0 Å². The van der Waals surface area contributed by atoms with E-state index in [9.17, 15) is 4.79 Å². The zero-order chi connectivity index (χ0) is 14.7. The second kappa shape index (κ2) is 6.24. The number of aromatic nitrogens is 1. The molecular formula is C15H10BrN3OS. The van der Waals surface area contributed by atoms with Gasteiger partial charge in [0.25, 0.3) is 5.24 Å². The van der Waals surface area contributed by atoms with Gasteiger partial charge in [-0.05, 0) is 53.7 Å². The van der Waals surface area contributed by atoms with Crippen LogP contribution in [0.3, 0.4) is 0 Å². The molecule has 0 spiro atoms. The molecule has 1 amide bonds. The molecule has 1 aromatic carbocycles. The fraction of sp³-hybridized carbons (Fsp3) is 0. The van der Waals surface area contributed by atoms with Crippen LogP contribution in [-0.4, -0.2) is 16.1 Å². The Kier molecular flexibility index (Phi) is 4.17. The Bertz CT molecular complexity index is 744. The highest BCUT2D eigenvalue weighted by Gasteiger charge is 2.23. The zero-order valence-corrected chi connectivity index (χ0v) is 13.2. The van der Waals surface area contributed by atoms with Crippen LogP contribution in [0.15, 0.2) is 63.2 Å². The maximum absolute atomic E-state index is 11.6. The molecule has 0 atom stereocenters. The van der Waals surface area contributed by atoms with E-state index in [0.717, 1.165) is 32.4 Å². The van der Waals surface area contributed by atoms with Gasteiger partial charge in [0, 0.05) is 16.9 Å². The lowest BCUT2D eigenvalue weighted by molar-refractivity contribution is 0.265. The van der Waals surface area contributed by atoms with Gasteiger partial charge in [-0.2, -0.15) is 0 Å². The van der Waals surface area contributed by atoms with Crippen molar-refractivity contribution in [3.8, 4) is 0 Å². The van der Waals surface area contributed by atoms with Crippen LogP contribution in [0.2, 0.25) is 0 Å². The highest BCUT2D eigenvalue weighted by Crippen LogP contribution is 2.29. The molecular weight excluding hydrogens is 350 g/mol. The van der Waals surface area contributed by atoms with Gasteiger partial charge in [-0.1, -0.05) is 22.0 Å². The average molecular weight is 360 g/mol. The second-order valence-corrected chi connectivity index (χ2v) is 6.17. The highest BCUT2D eigenvalue weighted by molar-refractivity contribution is 9.10. The highest BCUT2D eigenvalue weighted by atomic mass is 79.9. The number of amides is 1. The maximum Gasteiger partial charge on any atom is 0.289 e. The van der Waals surface area contributed by atoms with Gasteiger partial charge >= 0.3 is 0 Å². The maximum atomic E-state index is 11.6. The number of nitrogens with zero attached hydrogens (tertiary/aromatic N) is 2. The quantitative estimate of drug-likeness (QED) is 0.865.